The maximum absolute atomic E-state index is 10.7. The monoisotopic (exact) mass is 171 g/mol. The summed E-state index contributed by atoms with van der Waals surface area (Å²) in [6.07, 6.45) is 4.12. The smallest absolute Gasteiger partial charge is 0.305 e. The van der Waals surface area contributed by atoms with Gasteiger partial charge in [-0.25, -0.2) is 0 Å². The van der Waals surface area contributed by atoms with Gasteiger partial charge in [0.25, 0.3) is 0 Å². The van der Waals surface area contributed by atoms with Crippen LogP contribution in [0.4, 0.5) is 0 Å². The molecule has 0 radical (unpaired) electrons. The molecule has 70 valence electrons. The molecule has 0 aromatic heterocycles. The highest BCUT2D eigenvalue weighted by molar-refractivity contribution is 5.69. The van der Waals surface area contributed by atoms with E-state index in [4.69, 9.17) is 0 Å². The van der Waals surface area contributed by atoms with Gasteiger partial charge in [0.15, 0.2) is 0 Å². The first-order valence-electron chi connectivity index (χ1n) is 4.51. The van der Waals surface area contributed by atoms with Crippen molar-refractivity contribution in [2.45, 2.75) is 31.7 Å². The van der Waals surface area contributed by atoms with Crippen molar-refractivity contribution in [2.75, 3.05) is 20.7 Å². The Labute approximate surface area is 73.7 Å². The van der Waals surface area contributed by atoms with Crippen LogP contribution >= 0.6 is 0 Å². The Hall–Kier alpha value is -0.570. The molecule has 1 aliphatic rings. The molecule has 3 nitrogen and oxygen atoms in total. The van der Waals surface area contributed by atoms with Crippen LogP contribution in [0.3, 0.4) is 0 Å². The number of methoxy groups -OCH3 is 1. The summed E-state index contributed by atoms with van der Waals surface area (Å²) in [5.41, 5.74) is 0. The van der Waals surface area contributed by atoms with Gasteiger partial charge < -0.3 is 9.64 Å². The van der Waals surface area contributed by atoms with E-state index >= 15 is 0 Å². The minimum Gasteiger partial charge on any atom is -0.469 e. The fraction of sp³-hybridized carbons (Fsp3) is 0.889. The Morgan fingerprint density at radius 1 is 1.58 bits per heavy atom. The Morgan fingerprint density at radius 3 is 2.75 bits per heavy atom. The molecule has 1 aliphatic carbocycles. The largest absolute Gasteiger partial charge is 0.469 e. The van der Waals surface area contributed by atoms with E-state index in [9.17, 15) is 4.79 Å². The lowest BCUT2D eigenvalue weighted by Gasteiger charge is -2.14. The lowest BCUT2D eigenvalue weighted by atomic mass is 10.3. The molecule has 0 amide bonds. The number of rotatable bonds is 5. The normalized spacial score (nSPS) is 16.6. The van der Waals surface area contributed by atoms with E-state index in [1.165, 1.54) is 20.0 Å². The van der Waals surface area contributed by atoms with Crippen LogP contribution in [0.15, 0.2) is 0 Å². The Bertz CT molecular complexity index is 155. The highest BCUT2D eigenvalue weighted by Gasteiger charge is 2.25. The number of nitrogens with zero attached hydrogens (tertiary/aromatic N) is 1. The summed E-state index contributed by atoms with van der Waals surface area (Å²) in [6, 6.07) is 0.794. The van der Waals surface area contributed by atoms with Crippen LogP contribution in [0.1, 0.15) is 25.7 Å². The topological polar surface area (TPSA) is 29.5 Å². The van der Waals surface area contributed by atoms with Gasteiger partial charge >= 0.3 is 5.97 Å². The molecule has 0 N–H and O–H groups in total. The molecule has 1 rings (SSSR count). The summed E-state index contributed by atoms with van der Waals surface area (Å²) in [5, 5.41) is 0. The Balaban J connectivity index is 1.97. The molecule has 0 aromatic rings. The van der Waals surface area contributed by atoms with Crippen molar-refractivity contribution in [3.05, 3.63) is 0 Å². The molecular weight excluding hydrogens is 154 g/mol. The molecule has 0 unspecified atom stereocenters. The van der Waals surface area contributed by atoms with E-state index in [1.54, 1.807) is 0 Å². The first-order chi connectivity index (χ1) is 5.74. The predicted molar refractivity (Wildman–Crippen MR) is 46.9 cm³/mol. The van der Waals surface area contributed by atoms with Crippen LogP contribution < -0.4 is 0 Å². The minimum absolute atomic E-state index is 0.0980. The van der Waals surface area contributed by atoms with Crippen molar-refractivity contribution in [2.24, 2.45) is 0 Å². The average molecular weight is 171 g/mol. The molecule has 1 fully saturated rings. The zero-order chi connectivity index (χ0) is 8.97. The Morgan fingerprint density at radius 2 is 2.25 bits per heavy atom. The van der Waals surface area contributed by atoms with Gasteiger partial charge in [0.2, 0.25) is 0 Å². The summed E-state index contributed by atoms with van der Waals surface area (Å²) in [6.45, 7) is 1.01. The van der Waals surface area contributed by atoms with Crippen molar-refractivity contribution in [3.8, 4) is 0 Å². The number of hydrogen-bond acceptors (Lipinski definition) is 3. The third-order valence-electron chi connectivity index (χ3n) is 2.29. The van der Waals surface area contributed by atoms with Gasteiger partial charge in [-0.3, -0.25) is 4.79 Å². The van der Waals surface area contributed by atoms with Crippen molar-refractivity contribution in [3.63, 3.8) is 0 Å². The van der Waals surface area contributed by atoms with E-state index in [-0.39, 0.29) is 5.97 Å². The van der Waals surface area contributed by atoms with Gasteiger partial charge in [-0.15, -0.1) is 0 Å². The predicted octanol–water partition coefficient (Wildman–Crippen LogP) is 1.03. The van der Waals surface area contributed by atoms with Gasteiger partial charge in [0.05, 0.1) is 7.11 Å². The quantitative estimate of drug-likeness (QED) is 0.579. The number of esters is 1. The molecule has 1 saturated carbocycles. The third kappa shape index (κ3) is 3.22. The molecule has 0 saturated heterocycles. The van der Waals surface area contributed by atoms with Crippen LogP contribution in [0.25, 0.3) is 0 Å². The van der Waals surface area contributed by atoms with E-state index in [1.807, 2.05) is 0 Å². The molecule has 3 heteroatoms. The summed E-state index contributed by atoms with van der Waals surface area (Å²) >= 11 is 0. The average Bonchev–Trinajstić information content (AvgIpc) is 2.86. The molecule has 0 aromatic carbocycles. The molecule has 0 bridgehead atoms. The minimum atomic E-state index is -0.0980. The Kier molecular flexibility index (Phi) is 3.53. The first-order valence-corrected chi connectivity index (χ1v) is 4.51. The van der Waals surface area contributed by atoms with Gasteiger partial charge in [0, 0.05) is 12.5 Å². The van der Waals surface area contributed by atoms with Gasteiger partial charge in [0.1, 0.15) is 0 Å². The number of carbonyl (C=O) groups excluding carboxylic acids is 1. The molecule has 0 spiro atoms. The summed E-state index contributed by atoms with van der Waals surface area (Å²) < 4.78 is 4.55. The highest BCUT2D eigenvalue weighted by atomic mass is 16.5. The second-order valence-corrected chi connectivity index (χ2v) is 3.39. The van der Waals surface area contributed by atoms with Crippen molar-refractivity contribution in [1.82, 2.24) is 4.90 Å². The van der Waals surface area contributed by atoms with E-state index in [0.717, 1.165) is 19.0 Å². The fourth-order valence-corrected chi connectivity index (χ4v) is 1.27. The number of carbonyl (C=O) groups is 1. The summed E-state index contributed by atoms with van der Waals surface area (Å²) in [5.74, 6) is -0.0980. The molecule has 12 heavy (non-hydrogen) atoms. The fourth-order valence-electron chi connectivity index (χ4n) is 1.27. The third-order valence-corrected chi connectivity index (χ3v) is 2.29. The van der Waals surface area contributed by atoms with Crippen molar-refractivity contribution >= 4 is 5.97 Å². The maximum atomic E-state index is 10.7. The van der Waals surface area contributed by atoms with E-state index in [0.29, 0.717) is 6.42 Å². The van der Waals surface area contributed by atoms with Crippen molar-refractivity contribution in [1.29, 1.82) is 0 Å². The maximum Gasteiger partial charge on any atom is 0.305 e. The van der Waals surface area contributed by atoms with Crippen LogP contribution in [-0.2, 0) is 9.53 Å². The van der Waals surface area contributed by atoms with Crippen LogP contribution in [-0.4, -0.2) is 37.6 Å². The van der Waals surface area contributed by atoms with Gasteiger partial charge in [-0.1, -0.05) is 0 Å². The molecule has 0 heterocycles. The number of ether oxygens (including phenoxy) is 1. The molecule has 0 atom stereocenters. The zero-order valence-corrected chi connectivity index (χ0v) is 7.88. The first kappa shape index (κ1) is 9.52. The van der Waals surface area contributed by atoms with Crippen LogP contribution in [0.2, 0.25) is 0 Å². The van der Waals surface area contributed by atoms with Crippen LogP contribution in [0.5, 0.6) is 0 Å². The molecular formula is C9H17NO2. The number of hydrogen-bond donors (Lipinski definition) is 0. The van der Waals surface area contributed by atoms with E-state index in [2.05, 4.69) is 16.7 Å². The SMILES string of the molecule is COC(=O)CCCN(C)C1CC1. The van der Waals surface area contributed by atoms with E-state index < -0.39 is 0 Å². The second-order valence-electron chi connectivity index (χ2n) is 3.39. The lowest BCUT2D eigenvalue weighted by Crippen LogP contribution is -2.22. The van der Waals surface area contributed by atoms with Crippen molar-refractivity contribution < 1.29 is 9.53 Å². The molecule has 0 aliphatic heterocycles. The van der Waals surface area contributed by atoms with Gasteiger partial charge in [-0.2, -0.15) is 0 Å². The lowest BCUT2D eigenvalue weighted by molar-refractivity contribution is -0.140. The summed E-state index contributed by atoms with van der Waals surface area (Å²) in [4.78, 5) is 13.1. The second kappa shape index (κ2) is 4.45. The zero-order valence-electron chi connectivity index (χ0n) is 7.88. The standard InChI is InChI=1S/C9H17NO2/c1-10(8-5-6-8)7-3-4-9(11)12-2/h8H,3-7H2,1-2H3. The highest BCUT2D eigenvalue weighted by Crippen LogP contribution is 2.25. The van der Waals surface area contributed by atoms with Gasteiger partial charge in [-0.05, 0) is 32.9 Å². The summed E-state index contributed by atoms with van der Waals surface area (Å²) in [7, 11) is 3.56. The van der Waals surface area contributed by atoms with Crippen LogP contribution in [0, 0.1) is 0 Å².